The molecule has 0 N–H and O–H groups in total. The molecule has 0 saturated carbocycles. The summed E-state index contributed by atoms with van der Waals surface area (Å²) in [6.07, 6.45) is 0. The number of carbonyl (C=O) groups excluding carboxylic acids is 1. The second-order valence-corrected chi connectivity index (χ2v) is 8.33. The van der Waals surface area contributed by atoms with Crippen LogP contribution in [0.5, 0.6) is 5.75 Å². The van der Waals surface area contributed by atoms with Crippen LogP contribution in [0.4, 0.5) is 0 Å². The standard InChI is InChI=1S/C25H24O2/c1-17-10-12-19(13-11-17)25(18-8-6-5-7-9-18)21-16-20(24(2,3)4)14-15-22(21)27-23(25)26/h5-16H,1-4H3. The molecule has 27 heavy (non-hydrogen) atoms. The number of fused-ring (bicyclic) bond motifs is 1. The number of carbonyl (C=O) groups is 1. The molecule has 0 aliphatic carbocycles. The van der Waals surface area contributed by atoms with E-state index in [2.05, 4.69) is 52.0 Å². The number of rotatable bonds is 2. The Hall–Kier alpha value is -2.87. The highest BCUT2D eigenvalue weighted by molar-refractivity contribution is 5.98. The van der Waals surface area contributed by atoms with Crippen LogP contribution in [0, 0.1) is 6.92 Å². The lowest BCUT2D eigenvalue weighted by atomic mass is 9.69. The smallest absolute Gasteiger partial charge is 0.331 e. The van der Waals surface area contributed by atoms with Gasteiger partial charge in [-0.05, 0) is 41.2 Å². The van der Waals surface area contributed by atoms with Gasteiger partial charge in [-0.1, -0.05) is 87.0 Å². The van der Waals surface area contributed by atoms with Crippen molar-refractivity contribution in [3.05, 3.63) is 101 Å². The maximum Gasteiger partial charge on any atom is 0.331 e. The van der Waals surface area contributed by atoms with Crippen molar-refractivity contribution >= 4 is 5.97 Å². The quantitative estimate of drug-likeness (QED) is 0.445. The first-order valence-corrected chi connectivity index (χ1v) is 9.33. The van der Waals surface area contributed by atoms with Gasteiger partial charge in [0.05, 0.1) is 0 Å². The van der Waals surface area contributed by atoms with E-state index in [1.165, 1.54) is 5.56 Å². The molecular formula is C25H24O2. The van der Waals surface area contributed by atoms with Crippen molar-refractivity contribution in [2.45, 2.75) is 38.5 Å². The van der Waals surface area contributed by atoms with Gasteiger partial charge in [-0.3, -0.25) is 0 Å². The van der Waals surface area contributed by atoms with E-state index >= 15 is 0 Å². The van der Waals surface area contributed by atoms with E-state index in [9.17, 15) is 4.79 Å². The van der Waals surface area contributed by atoms with E-state index in [4.69, 9.17) is 4.74 Å². The van der Waals surface area contributed by atoms with Crippen LogP contribution in [0.1, 0.15) is 48.6 Å². The van der Waals surface area contributed by atoms with Crippen molar-refractivity contribution in [2.24, 2.45) is 0 Å². The van der Waals surface area contributed by atoms with E-state index in [-0.39, 0.29) is 11.4 Å². The van der Waals surface area contributed by atoms with E-state index in [0.29, 0.717) is 5.75 Å². The van der Waals surface area contributed by atoms with Gasteiger partial charge in [-0.25, -0.2) is 4.79 Å². The SMILES string of the molecule is Cc1ccc(C2(c3ccccc3)C(=O)Oc3ccc(C(C)(C)C)cc32)cc1. The zero-order valence-corrected chi connectivity index (χ0v) is 16.2. The number of benzene rings is 3. The summed E-state index contributed by atoms with van der Waals surface area (Å²) < 4.78 is 5.79. The highest BCUT2D eigenvalue weighted by Gasteiger charge is 2.52. The third-order valence-electron chi connectivity index (χ3n) is 5.45. The molecule has 0 saturated heterocycles. The van der Waals surface area contributed by atoms with Crippen LogP contribution in [0.15, 0.2) is 72.8 Å². The fourth-order valence-electron chi connectivity index (χ4n) is 3.87. The minimum atomic E-state index is -0.939. The Morgan fingerprint density at radius 2 is 1.44 bits per heavy atom. The summed E-state index contributed by atoms with van der Waals surface area (Å²) in [6, 6.07) is 24.3. The van der Waals surface area contributed by atoms with Gasteiger partial charge >= 0.3 is 5.97 Å². The van der Waals surface area contributed by atoms with Crippen molar-refractivity contribution in [1.82, 2.24) is 0 Å². The van der Waals surface area contributed by atoms with Gasteiger partial charge in [-0.2, -0.15) is 0 Å². The third-order valence-corrected chi connectivity index (χ3v) is 5.45. The van der Waals surface area contributed by atoms with E-state index in [1.807, 2.05) is 48.5 Å². The predicted octanol–water partition coefficient (Wildman–Crippen LogP) is 5.55. The number of ether oxygens (including phenoxy) is 1. The summed E-state index contributed by atoms with van der Waals surface area (Å²) in [4.78, 5) is 13.4. The first kappa shape index (κ1) is 17.5. The molecule has 136 valence electrons. The summed E-state index contributed by atoms with van der Waals surface area (Å²) in [6.45, 7) is 8.60. The summed E-state index contributed by atoms with van der Waals surface area (Å²) in [5, 5.41) is 0. The first-order chi connectivity index (χ1) is 12.8. The monoisotopic (exact) mass is 356 g/mol. The topological polar surface area (TPSA) is 26.3 Å². The minimum absolute atomic E-state index is 0.0175. The summed E-state index contributed by atoms with van der Waals surface area (Å²) in [5.74, 6) is 0.413. The zero-order chi connectivity index (χ0) is 19.2. The maximum atomic E-state index is 13.4. The maximum absolute atomic E-state index is 13.4. The van der Waals surface area contributed by atoms with Crippen molar-refractivity contribution in [1.29, 1.82) is 0 Å². The molecule has 0 aromatic heterocycles. The van der Waals surface area contributed by atoms with Crippen LogP contribution >= 0.6 is 0 Å². The van der Waals surface area contributed by atoms with E-state index < -0.39 is 5.41 Å². The second kappa shape index (κ2) is 6.09. The Bertz CT molecular complexity index is 995. The summed E-state index contributed by atoms with van der Waals surface area (Å²) in [7, 11) is 0. The van der Waals surface area contributed by atoms with E-state index in [1.54, 1.807) is 0 Å². The largest absolute Gasteiger partial charge is 0.425 e. The van der Waals surface area contributed by atoms with Crippen molar-refractivity contribution < 1.29 is 9.53 Å². The highest BCUT2D eigenvalue weighted by Crippen LogP contribution is 2.50. The molecule has 2 nitrogen and oxygen atoms in total. The predicted molar refractivity (Wildman–Crippen MR) is 108 cm³/mol. The van der Waals surface area contributed by atoms with Gasteiger partial charge in [0.2, 0.25) is 0 Å². The lowest BCUT2D eigenvalue weighted by Gasteiger charge is -2.29. The molecule has 1 heterocycles. The molecule has 3 aromatic rings. The molecule has 0 amide bonds. The van der Waals surface area contributed by atoms with Crippen LogP contribution in [0.3, 0.4) is 0 Å². The highest BCUT2D eigenvalue weighted by atomic mass is 16.5. The normalized spacial score (nSPS) is 18.9. The van der Waals surface area contributed by atoms with Crippen LogP contribution in [0.25, 0.3) is 0 Å². The molecule has 1 aliphatic heterocycles. The van der Waals surface area contributed by atoms with Crippen LogP contribution in [-0.2, 0) is 15.6 Å². The van der Waals surface area contributed by atoms with Crippen molar-refractivity contribution in [2.75, 3.05) is 0 Å². The molecule has 1 aliphatic rings. The number of esters is 1. The fourth-order valence-corrected chi connectivity index (χ4v) is 3.87. The lowest BCUT2D eigenvalue weighted by Crippen LogP contribution is -2.36. The van der Waals surface area contributed by atoms with Gasteiger partial charge in [0.1, 0.15) is 11.2 Å². The molecule has 0 spiro atoms. The molecule has 1 unspecified atom stereocenters. The Labute approximate surface area is 160 Å². The lowest BCUT2D eigenvalue weighted by molar-refractivity contribution is -0.135. The average Bonchev–Trinajstić information content (AvgIpc) is 2.94. The van der Waals surface area contributed by atoms with Gasteiger partial charge in [-0.15, -0.1) is 0 Å². The third kappa shape index (κ3) is 2.68. The molecule has 0 fully saturated rings. The van der Waals surface area contributed by atoms with Crippen LogP contribution in [-0.4, -0.2) is 5.97 Å². The molecule has 3 aromatic carbocycles. The Morgan fingerprint density at radius 1 is 0.815 bits per heavy atom. The van der Waals surface area contributed by atoms with Crippen LogP contribution in [0.2, 0.25) is 0 Å². The molecule has 1 atom stereocenters. The Kier molecular flexibility index (Phi) is 3.96. The molecule has 2 heteroatoms. The molecule has 4 rings (SSSR count). The summed E-state index contributed by atoms with van der Waals surface area (Å²) >= 11 is 0. The van der Waals surface area contributed by atoms with Crippen molar-refractivity contribution in [3.8, 4) is 5.75 Å². The van der Waals surface area contributed by atoms with E-state index in [0.717, 1.165) is 22.3 Å². The Balaban J connectivity index is 2.06. The fraction of sp³-hybridized carbons (Fsp3) is 0.240. The van der Waals surface area contributed by atoms with Gasteiger partial charge in [0, 0.05) is 5.56 Å². The van der Waals surface area contributed by atoms with Crippen LogP contribution < -0.4 is 4.74 Å². The average molecular weight is 356 g/mol. The number of hydrogen-bond acceptors (Lipinski definition) is 2. The van der Waals surface area contributed by atoms with Gasteiger partial charge < -0.3 is 4.74 Å². The van der Waals surface area contributed by atoms with Crippen molar-refractivity contribution in [3.63, 3.8) is 0 Å². The second-order valence-electron chi connectivity index (χ2n) is 8.33. The van der Waals surface area contributed by atoms with Gasteiger partial charge in [0.25, 0.3) is 0 Å². The molecule has 0 bridgehead atoms. The number of hydrogen-bond donors (Lipinski definition) is 0. The Morgan fingerprint density at radius 3 is 2.07 bits per heavy atom. The number of aryl methyl sites for hydroxylation is 1. The summed E-state index contributed by atoms with van der Waals surface area (Å²) in [5.41, 5.74) is 4.19. The minimum Gasteiger partial charge on any atom is -0.425 e. The first-order valence-electron chi connectivity index (χ1n) is 9.33. The molecule has 0 radical (unpaired) electrons. The zero-order valence-electron chi connectivity index (χ0n) is 16.2. The molecular weight excluding hydrogens is 332 g/mol. The van der Waals surface area contributed by atoms with Gasteiger partial charge in [0.15, 0.2) is 0 Å².